The van der Waals surface area contributed by atoms with Crippen LogP contribution in [0.15, 0.2) is 30.6 Å². The summed E-state index contributed by atoms with van der Waals surface area (Å²) >= 11 is 1.71. The first-order valence-corrected chi connectivity index (χ1v) is 10.7. The van der Waals surface area contributed by atoms with E-state index in [9.17, 15) is 5.26 Å². The van der Waals surface area contributed by atoms with E-state index in [2.05, 4.69) is 34.5 Å². The highest BCUT2D eigenvalue weighted by atomic mass is 32.1. The van der Waals surface area contributed by atoms with Gasteiger partial charge in [-0.3, -0.25) is 4.98 Å². The number of imidazole rings is 1. The van der Waals surface area contributed by atoms with E-state index in [0.29, 0.717) is 18.0 Å². The van der Waals surface area contributed by atoms with Gasteiger partial charge in [-0.1, -0.05) is 0 Å². The van der Waals surface area contributed by atoms with Crippen LogP contribution in [0.5, 0.6) is 0 Å². The Bertz CT molecular complexity index is 1250. The average Bonchev–Trinajstić information content (AvgIpc) is 3.30. The lowest BCUT2D eigenvalue weighted by Gasteiger charge is -2.30. The molecule has 0 amide bonds. The van der Waals surface area contributed by atoms with E-state index < -0.39 is 0 Å². The van der Waals surface area contributed by atoms with E-state index in [1.807, 2.05) is 30.6 Å². The first kappa shape index (κ1) is 18.2. The highest BCUT2D eigenvalue weighted by Gasteiger charge is 2.26. The summed E-state index contributed by atoms with van der Waals surface area (Å²) in [4.78, 5) is 15.3. The van der Waals surface area contributed by atoms with Crippen LogP contribution in [0.2, 0.25) is 0 Å². The van der Waals surface area contributed by atoms with Crippen molar-refractivity contribution in [2.45, 2.75) is 45.3 Å². The number of nitriles is 1. The Labute approximate surface area is 172 Å². The zero-order valence-electron chi connectivity index (χ0n) is 16.4. The van der Waals surface area contributed by atoms with Crippen LogP contribution in [0.1, 0.15) is 47.1 Å². The second-order valence-electron chi connectivity index (χ2n) is 7.63. The molecule has 6 nitrogen and oxygen atoms in total. The Hall–Kier alpha value is -2.82. The summed E-state index contributed by atoms with van der Waals surface area (Å²) in [5.41, 5.74) is 3.45. The van der Waals surface area contributed by atoms with Crippen molar-refractivity contribution in [3.8, 4) is 6.07 Å². The van der Waals surface area contributed by atoms with Gasteiger partial charge in [0.25, 0.3) is 0 Å². The SMILES string of the molecule is Cc1cnc(Cc2nc3cnc4ccc(C#N)cc4c3n2[C@@H]2CCO[C@H](C)C2)s1. The number of rotatable bonds is 3. The van der Waals surface area contributed by atoms with Gasteiger partial charge in [-0.15, -0.1) is 11.3 Å². The van der Waals surface area contributed by atoms with Crippen LogP contribution in [0, 0.1) is 18.3 Å². The highest BCUT2D eigenvalue weighted by Crippen LogP contribution is 2.34. The van der Waals surface area contributed by atoms with Crippen molar-refractivity contribution >= 4 is 33.3 Å². The monoisotopic (exact) mass is 403 g/mol. The molecule has 4 heterocycles. The largest absolute Gasteiger partial charge is 0.378 e. The number of aromatic nitrogens is 4. The molecule has 0 radical (unpaired) electrons. The molecule has 4 aromatic rings. The molecule has 7 heteroatoms. The van der Waals surface area contributed by atoms with Crippen LogP contribution in [-0.2, 0) is 11.2 Å². The number of thiazole rings is 1. The third-order valence-electron chi connectivity index (χ3n) is 5.52. The predicted molar refractivity (Wildman–Crippen MR) is 113 cm³/mol. The van der Waals surface area contributed by atoms with Crippen molar-refractivity contribution in [1.29, 1.82) is 5.26 Å². The van der Waals surface area contributed by atoms with Crippen LogP contribution in [0.4, 0.5) is 0 Å². The van der Waals surface area contributed by atoms with E-state index >= 15 is 0 Å². The van der Waals surface area contributed by atoms with Crippen molar-refractivity contribution < 1.29 is 4.74 Å². The molecule has 0 bridgehead atoms. The standard InChI is InChI=1S/C22H21N5OS/c1-13-7-16(5-6-28-13)27-20(9-21-25-11-14(2)29-21)26-19-12-24-18-4-3-15(10-23)8-17(18)22(19)27/h3-4,8,11-13,16H,5-7,9H2,1-2H3/t13-,16-/m1/s1. The minimum absolute atomic E-state index is 0.212. The zero-order chi connectivity index (χ0) is 20.0. The van der Waals surface area contributed by atoms with Gasteiger partial charge in [-0.25, -0.2) is 9.97 Å². The number of aryl methyl sites for hydroxylation is 1. The molecule has 0 aliphatic carbocycles. The molecular weight excluding hydrogens is 382 g/mol. The molecule has 3 aromatic heterocycles. The lowest BCUT2D eigenvalue weighted by atomic mass is 10.0. The maximum Gasteiger partial charge on any atom is 0.117 e. The molecule has 1 aliphatic rings. The molecule has 146 valence electrons. The van der Waals surface area contributed by atoms with Crippen LogP contribution in [0.3, 0.4) is 0 Å². The van der Waals surface area contributed by atoms with Gasteiger partial charge >= 0.3 is 0 Å². The lowest BCUT2D eigenvalue weighted by Crippen LogP contribution is -2.26. The molecule has 2 atom stereocenters. The van der Waals surface area contributed by atoms with Gasteiger partial charge in [0, 0.05) is 29.1 Å². The number of benzene rings is 1. The summed E-state index contributed by atoms with van der Waals surface area (Å²) in [7, 11) is 0. The van der Waals surface area contributed by atoms with Crippen LogP contribution in [-0.4, -0.2) is 32.2 Å². The smallest absolute Gasteiger partial charge is 0.117 e. The van der Waals surface area contributed by atoms with E-state index in [0.717, 1.165) is 52.2 Å². The molecule has 0 saturated carbocycles. The van der Waals surface area contributed by atoms with Crippen LogP contribution < -0.4 is 0 Å². The molecule has 1 saturated heterocycles. The fraction of sp³-hybridized carbons (Fsp3) is 0.364. The predicted octanol–water partition coefficient (Wildman–Crippen LogP) is 4.55. The molecular formula is C22H21N5OS. The van der Waals surface area contributed by atoms with Crippen LogP contribution >= 0.6 is 11.3 Å². The molecule has 29 heavy (non-hydrogen) atoms. The lowest BCUT2D eigenvalue weighted by molar-refractivity contribution is 0.00631. The molecule has 0 spiro atoms. The number of pyridine rings is 1. The maximum atomic E-state index is 9.41. The summed E-state index contributed by atoms with van der Waals surface area (Å²) < 4.78 is 8.18. The third kappa shape index (κ3) is 3.28. The number of ether oxygens (including phenoxy) is 1. The Morgan fingerprint density at radius 2 is 2.17 bits per heavy atom. The van der Waals surface area contributed by atoms with Gasteiger partial charge in [0.1, 0.15) is 16.3 Å². The van der Waals surface area contributed by atoms with E-state index in [-0.39, 0.29) is 6.10 Å². The minimum atomic E-state index is 0.212. The first-order chi connectivity index (χ1) is 14.1. The van der Waals surface area contributed by atoms with Gasteiger partial charge in [0.15, 0.2) is 0 Å². The quantitative estimate of drug-likeness (QED) is 0.501. The van der Waals surface area contributed by atoms with Gasteiger partial charge in [-0.2, -0.15) is 5.26 Å². The van der Waals surface area contributed by atoms with Crippen molar-refractivity contribution in [2.75, 3.05) is 6.61 Å². The highest BCUT2D eigenvalue weighted by molar-refractivity contribution is 7.11. The molecule has 5 rings (SSSR count). The first-order valence-electron chi connectivity index (χ1n) is 9.85. The molecule has 0 N–H and O–H groups in total. The molecule has 0 unspecified atom stereocenters. The summed E-state index contributed by atoms with van der Waals surface area (Å²) in [6.07, 6.45) is 6.56. The van der Waals surface area contributed by atoms with Crippen molar-refractivity contribution in [3.05, 3.63) is 51.9 Å². The van der Waals surface area contributed by atoms with Crippen molar-refractivity contribution in [2.24, 2.45) is 0 Å². The second kappa shape index (κ2) is 7.21. The van der Waals surface area contributed by atoms with Gasteiger partial charge < -0.3 is 9.30 Å². The summed E-state index contributed by atoms with van der Waals surface area (Å²) in [6.45, 7) is 4.95. The summed E-state index contributed by atoms with van der Waals surface area (Å²) in [5.74, 6) is 1.00. The maximum absolute atomic E-state index is 9.41. The Morgan fingerprint density at radius 3 is 2.93 bits per heavy atom. The minimum Gasteiger partial charge on any atom is -0.378 e. The molecule has 1 fully saturated rings. The number of nitrogens with zero attached hydrogens (tertiary/aromatic N) is 5. The summed E-state index contributed by atoms with van der Waals surface area (Å²) in [6, 6.07) is 8.22. The Kier molecular flexibility index (Phi) is 4.53. The van der Waals surface area contributed by atoms with Gasteiger partial charge in [-0.05, 0) is 44.9 Å². The van der Waals surface area contributed by atoms with Gasteiger partial charge in [0.2, 0.25) is 0 Å². The topological polar surface area (TPSA) is 76.6 Å². The van der Waals surface area contributed by atoms with Crippen molar-refractivity contribution in [3.63, 3.8) is 0 Å². The number of hydrogen-bond acceptors (Lipinski definition) is 6. The second-order valence-corrected chi connectivity index (χ2v) is 8.95. The van der Waals surface area contributed by atoms with Gasteiger partial charge in [0.05, 0.1) is 41.4 Å². The van der Waals surface area contributed by atoms with Crippen LogP contribution in [0.25, 0.3) is 21.9 Å². The fourth-order valence-corrected chi connectivity index (χ4v) is 5.02. The average molecular weight is 404 g/mol. The third-order valence-corrected chi connectivity index (χ3v) is 6.43. The fourth-order valence-electron chi connectivity index (χ4n) is 4.24. The zero-order valence-corrected chi connectivity index (χ0v) is 17.2. The van der Waals surface area contributed by atoms with E-state index in [1.54, 1.807) is 11.3 Å². The van der Waals surface area contributed by atoms with E-state index in [4.69, 9.17) is 9.72 Å². The molecule has 1 aliphatic heterocycles. The number of fused-ring (bicyclic) bond motifs is 3. The Balaban J connectivity index is 1.75. The Morgan fingerprint density at radius 1 is 1.28 bits per heavy atom. The number of hydrogen-bond donors (Lipinski definition) is 0. The normalized spacial score (nSPS) is 19.6. The van der Waals surface area contributed by atoms with E-state index in [1.165, 1.54) is 4.88 Å². The van der Waals surface area contributed by atoms with Crippen molar-refractivity contribution in [1.82, 2.24) is 19.5 Å². The molecule has 1 aromatic carbocycles. The summed E-state index contributed by atoms with van der Waals surface area (Å²) in [5, 5.41) is 11.5.